The summed E-state index contributed by atoms with van der Waals surface area (Å²) in [6, 6.07) is 12.6. The van der Waals surface area contributed by atoms with Crippen LogP contribution in [-0.2, 0) is 10.0 Å². The molecule has 0 amide bonds. The van der Waals surface area contributed by atoms with Gasteiger partial charge in [-0.1, -0.05) is 13.8 Å². The number of carbonyl (C=O) groups is 1. The molecule has 0 unspecified atom stereocenters. The van der Waals surface area contributed by atoms with E-state index in [-0.39, 0.29) is 24.9 Å². The molecular formula is C22H26N4O5S. The van der Waals surface area contributed by atoms with Gasteiger partial charge in [0.25, 0.3) is 0 Å². The summed E-state index contributed by atoms with van der Waals surface area (Å²) in [7, 11) is -1.70. The van der Waals surface area contributed by atoms with Crippen molar-refractivity contribution in [1.82, 2.24) is 19.5 Å². The molecule has 0 atom stereocenters. The SMILES string of the molecule is COc1ccc(-n2nc(C(=O)C(C)C)cc2-c2ccc(OCCNS(C)(=O)=O)cc2)cn1. The Morgan fingerprint density at radius 3 is 2.44 bits per heavy atom. The molecule has 0 aliphatic rings. The fraction of sp³-hybridized carbons (Fsp3) is 0.318. The van der Waals surface area contributed by atoms with Crippen molar-refractivity contribution >= 4 is 15.8 Å². The molecule has 0 fully saturated rings. The zero-order valence-corrected chi connectivity index (χ0v) is 19.2. The van der Waals surface area contributed by atoms with Crippen molar-refractivity contribution in [3.63, 3.8) is 0 Å². The molecule has 170 valence electrons. The van der Waals surface area contributed by atoms with Gasteiger partial charge in [0.05, 0.1) is 30.9 Å². The summed E-state index contributed by atoms with van der Waals surface area (Å²) in [5, 5.41) is 4.53. The Bertz CT molecular complexity index is 1170. The van der Waals surface area contributed by atoms with Crippen LogP contribution in [0.3, 0.4) is 0 Å². The number of sulfonamides is 1. The average molecular weight is 459 g/mol. The Morgan fingerprint density at radius 2 is 1.88 bits per heavy atom. The molecule has 0 aliphatic carbocycles. The predicted molar refractivity (Wildman–Crippen MR) is 121 cm³/mol. The number of ether oxygens (including phenoxy) is 2. The first-order valence-electron chi connectivity index (χ1n) is 10.0. The monoisotopic (exact) mass is 458 g/mol. The van der Waals surface area contributed by atoms with Crippen molar-refractivity contribution in [2.24, 2.45) is 5.92 Å². The molecular weight excluding hydrogens is 432 g/mol. The predicted octanol–water partition coefficient (Wildman–Crippen LogP) is 2.71. The van der Waals surface area contributed by atoms with Crippen LogP contribution < -0.4 is 14.2 Å². The van der Waals surface area contributed by atoms with E-state index in [9.17, 15) is 13.2 Å². The van der Waals surface area contributed by atoms with E-state index in [0.29, 0.717) is 23.0 Å². The fourth-order valence-electron chi connectivity index (χ4n) is 2.94. The van der Waals surface area contributed by atoms with Crippen molar-refractivity contribution in [3.05, 3.63) is 54.4 Å². The van der Waals surface area contributed by atoms with Crippen LogP contribution in [0.4, 0.5) is 0 Å². The van der Waals surface area contributed by atoms with Gasteiger partial charge in [-0.05, 0) is 36.4 Å². The van der Waals surface area contributed by atoms with Crippen LogP contribution >= 0.6 is 0 Å². The van der Waals surface area contributed by atoms with Crippen LogP contribution in [0.15, 0.2) is 48.7 Å². The van der Waals surface area contributed by atoms with Crippen LogP contribution in [0.2, 0.25) is 0 Å². The smallest absolute Gasteiger partial charge is 0.213 e. The summed E-state index contributed by atoms with van der Waals surface area (Å²) in [4.78, 5) is 16.8. The molecule has 9 nitrogen and oxygen atoms in total. The maximum atomic E-state index is 12.6. The maximum absolute atomic E-state index is 12.6. The van der Waals surface area contributed by atoms with Crippen LogP contribution in [0.25, 0.3) is 16.9 Å². The Kier molecular flexibility index (Phi) is 7.26. The second-order valence-corrected chi connectivity index (χ2v) is 9.28. The number of hydrogen-bond donors (Lipinski definition) is 1. The van der Waals surface area contributed by atoms with Crippen molar-refractivity contribution in [2.75, 3.05) is 26.5 Å². The molecule has 10 heteroatoms. The van der Waals surface area contributed by atoms with Crippen LogP contribution in [-0.4, -0.2) is 55.5 Å². The van der Waals surface area contributed by atoms with Crippen LogP contribution in [0, 0.1) is 5.92 Å². The molecule has 0 radical (unpaired) electrons. The number of rotatable bonds is 10. The van der Waals surface area contributed by atoms with Gasteiger partial charge in [-0.15, -0.1) is 0 Å². The second-order valence-electron chi connectivity index (χ2n) is 7.44. The quantitative estimate of drug-likeness (QED) is 0.367. The largest absolute Gasteiger partial charge is 0.492 e. The lowest BCUT2D eigenvalue weighted by Crippen LogP contribution is -2.26. The number of benzene rings is 1. The summed E-state index contributed by atoms with van der Waals surface area (Å²) in [5.74, 6) is 0.842. The van der Waals surface area contributed by atoms with E-state index in [1.54, 1.807) is 42.3 Å². The molecule has 0 bridgehead atoms. The number of ketones is 1. The van der Waals surface area contributed by atoms with Gasteiger partial charge in [0.15, 0.2) is 5.78 Å². The number of pyridine rings is 1. The first-order chi connectivity index (χ1) is 15.2. The molecule has 0 aliphatic heterocycles. The third-order valence-electron chi connectivity index (χ3n) is 4.55. The van der Waals surface area contributed by atoms with Crippen molar-refractivity contribution < 1.29 is 22.7 Å². The topological polar surface area (TPSA) is 112 Å². The van der Waals surface area contributed by atoms with Gasteiger partial charge in [0, 0.05) is 24.1 Å². The molecule has 2 aromatic heterocycles. The number of nitrogens with one attached hydrogen (secondary N) is 1. The van der Waals surface area contributed by atoms with E-state index in [1.807, 2.05) is 32.0 Å². The fourth-order valence-corrected chi connectivity index (χ4v) is 3.39. The van der Waals surface area contributed by atoms with Gasteiger partial charge < -0.3 is 9.47 Å². The molecule has 0 saturated heterocycles. The molecule has 1 N–H and O–H groups in total. The zero-order chi connectivity index (χ0) is 23.3. The minimum Gasteiger partial charge on any atom is -0.492 e. The van der Waals surface area contributed by atoms with E-state index in [4.69, 9.17) is 9.47 Å². The summed E-state index contributed by atoms with van der Waals surface area (Å²) in [6.07, 6.45) is 2.73. The standard InChI is InChI=1S/C22H26N4O5S/c1-15(2)22(27)19-13-20(26(25-19)17-7-10-21(30-3)23-14-17)16-5-8-18(9-6-16)31-12-11-24-32(4,28)29/h5-10,13-15,24H,11-12H2,1-4H3. The molecule has 32 heavy (non-hydrogen) atoms. The summed E-state index contributed by atoms with van der Waals surface area (Å²) in [6.45, 7) is 4.05. The van der Waals surface area contributed by atoms with Gasteiger partial charge in [-0.3, -0.25) is 4.79 Å². The van der Waals surface area contributed by atoms with E-state index in [1.165, 1.54) is 0 Å². The number of nitrogens with zero attached hydrogens (tertiary/aromatic N) is 3. The Labute approximate surface area is 187 Å². The number of Topliss-reactive ketones (excluding diaryl/α,β-unsaturated/α-hetero) is 1. The molecule has 2 heterocycles. The van der Waals surface area contributed by atoms with Crippen molar-refractivity contribution in [1.29, 1.82) is 0 Å². The molecule has 0 spiro atoms. The van der Waals surface area contributed by atoms with Gasteiger partial charge in [0.2, 0.25) is 15.9 Å². The number of carbonyl (C=O) groups excluding carboxylic acids is 1. The third-order valence-corrected chi connectivity index (χ3v) is 5.27. The first-order valence-corrected chi connectivity index (χ1v) is 11.9. The molecule has 3 rings (SSSR count). The van der Waals surface area contributed by atoms with Gasteiger partial charge >= 0.3 is 0 Å². The summed E-state index contributed by atoms with van der Waals surface area (Å²) in [5.41, 5.74) is 2.62. The third kappa shape index (κ3) is 5.92. The second kappa shape index (κ2) is 9.92. The van der Waals surface area contributed by atoms with E-state index in [2.05, 4.69) is 14.8 Å². The van der Waals surface area contributed by atoms with Gasteiger partial charge in [-0.2, -0.15) is 5.10 Å². The zero-order valence-electron chi connectivity index (χ0n) is 18.4. The minimum atomic E-state index is -3.25. The summed E-state index contributed by atoms with van der Waals surface area (Å²) >= 11 is 0. The molecule has 1 aromatic carbocycles. The van der Waals surface area contributed by atoms with E-state index < -0.39 is 10.0 Å². The van der Waals surface area contributed by atoms with Crippen LogP contribution in [0.5, 0.6) is 11.6 Å². The minimum absolute atomic E-state index is 0.0511. The Morgan fingerprint density at radius 1 is 1.16 bits per heavy atom. The van der Waals surface area contributed by atoms with Crippen molar-refractivity contribution in [3.8, 4) is 28.6 Å². The highest BCUT2D eigenvalue weighted by atomic mass is 32.2. The van der Waals surface area contributed by atoms with Crippen molar-refractivity contribution in [2.45, 2.75) is 13.8 Å². The summed E-state index contributed by atoms with van der Waals surface area (Å²) < 4.78 is 37.0. The highest BCUT2D eigenvalue weighted by molar-refractivity contribution is 7.88. The van der Waals surface area contributed by atoms with E-state index >= 15 is 0 Å². The van der Waals surface area contributed by atoms with Gasteiger partial charge in [-0.25, -0.2) is 22.8 Å². The number of methoxy groups -OCH3 is 1. The lowest BCUT2D eigenvalue weighted by Gasteiger charge is -2.10. The average Bonchev–Trinajstić information content (AvgIpc) is 3.21. The molecule has 0 saturated carbocycles. The lowest BCUT2D eigenvalue weighted by molar-refractivity contribution is 0.0934. The Balaban J connectivity index is 1.87. The van der Waals surface area contributed by atoms with Crippen LogP contribution in [0.1, 0.15) is 24.3 Å². The Hall–Kier alpha value is -3.24. The lowest BCUT2D eigenvalue weighted by atomic mass is 10.1. The first kappa shape index (κ1) is 23.4. The normalized spacial score (nSPS) is 11.5. The van der Waals surface area contributed by atoms with E-state index in [0.717, 1.165) is 17.5 Å². The van der Waals surface area contributed by atoms with Gasteiger partial charge in [0.1, 0.15) is 18.1 Å². The highest BCUT2D eigenvalue weighted by Gasteiger charge is 2.19. The maximum Gasteiger partial charge on any atom is 0.213 e. The number of aromatic nitrogens is 3. The highest BCUT2D eigenvalue weighted by Crippen LogP contribution is 2.27. The number of hydrogen-bond acceptors (Lipinski definition) is 7. The molecule has 3 aromatic rings.